The Morgan fingerprint density at radius 1 is 1.56 bits per heavy atom. The van der Waals surface area contributed by atoms with Crippen molar-refractivity contribution in [1.29, 1.82) is 0 Å². The molecular formula is C12H20N4OS. The van der Waals surface area contributed by atoms with Crippen molar-refractivity contribution < 1.29 is 4.79 Å². The Bertz CT molecular complexity index is 451. The summed E-state index contributed by atoms with van der Waals surface area (Å²) in [6.07, 6.45) is 2.40. The number of nitrogens with two attached hydrogens (primary N) is 1. The van der Waals surface area contributed by atoms with Crippen LogP contribution in [-0.2, 0) is 0 Å². The topological polar surface area (TPSA) is 80.0 Å². The maximum atomic E-state index is 12.0. The van der Waals surface area contributed by atoms with Crippen LogP contribution in [0, 0.1) is 11.3 Å². The number of carbonyl (C=O) groups excluding carboxylic acids is 1. The van der Waals surface area contributed by atoms with Gasteiger partial charge in [0.1, 0.15) is 10.7 Å². The van der Waals surface area contributed by atoms with E-state index in [0.717, 1.165) is 6.54 Å². The summed E-state index contributed by atoms with van der Waals surface area (Å²) in [5.74, 6) is 0.791. The lowest BCUT2D eigenvalue weighted by atomic mass is 9.92. The molecule has 0 saturated heterocycles. The zero-order valence-electron chi connectivity index (χ0n) is 11.0. The largest absolute Gasteiger partial charge is 0.382 e. The van der Waals surface area contributed by atoms with Crippen LogP contribution in [0.15, 0.2) is 0 Å². The number of carbonyl (C=O) groups is 1. The van der Waals surface area contributed by atoms with E-state index < -0.39 is 0 Å². The standard InChI is InChI=1S/C12H20N4OS/c1-7(2)12(4-5-12)6-15-10(17)8-9(13)16-11(14-3)18-8/h7H,4-6,13H2,1-3H3,(H,14,16)(H,15,17). The minimum Gasteiger partial charge on any atom is -0.382 e. The van der Waals surface area contributed by atoms with Gasteiger partial charge in [0.05, 0.1) is 0 Å². The fourth-order valence-corrected chi connectivity index (χ4v) is 2.81. The van der Waals surface area contributed by atoms with Crippen LogP contribution < -0.4 is 16.4 Å². The molecule has 1 amide bonds. The van der Waals surface area contributed by atoms with Crippen LogP contribution in [0.1, 0.15) is 36.4 Å². The molecular weight excluding hydrogens is 248 g/mol. The van der Waals surface area contributed by atoms with Gasteiger partial charge in [0.15, 0.2) is 5.13 Å². The number of hydrogen-bond acceptors (Lipinski definition) is 5. The molecule has 1 saturated carbocycles. The molecule has 1 aromatic rings. The summed E-state index contributed by atoms with van der Waals surface area (Å²) in [6, 6.07) is 0. The van der Waals surface area contributed by atoms with Gasteiger partial charge < -0.3 is 16.4 Å². The number of anilines is 2. The highest BCUT2D eigenvalue weighted by Gasteiger charge is 2.45. The lowest BCUT2D eigenvalue weighted by molar-refractivity contribution is 0.0944. The van der Waals surface area contributed by atoms with Crippen molar-refractivity contribution in [3.8, 4) is 0 Å². The van der Waals surface area contributed by atoms with Crippen LogP contribution in [0.5, 0.6) is 0 Å². The van der Waals surface area contributed by atoms with Gasteiger partial charge in [0.25, 0.3) is 5.91 Å². The predicted molar refractivity (Wildman–Crippen MR) is 74.9 cm³/mol. The first-order valence-electron chi connectivity index (χ1n) is 6.21. The van der Waals surface area contributed by atoms with Crippen molar-refractivity contribution in [2.75, 3.05) is 24.6 Å². The van der Waals surface area contributed by atoms with Gasteiger partial charge in [-0.25, -0.2) is 4.98 Å². The van der Waals surface area contributed by atoms with Gasteiger partial charge in [-0.05, 0) is 24.2 Å². The maximum absolute atomic E-state index is 12.0. The number of aromatic nitrogens is 1. The summed E-state index contributed by atoms with van der Waals surface area (Å²) >= 11 is 1.29. The van der Waals surface area contributed by atoms with E-state index in [1.807, 2.05) is 0 Å². The summed E-state index contributed by atoms with van der Waals surface area (Å²) in [5, 5.41) is 6.55. The Morgan fingerprint density at radius 3 is 2.67 bits per heavy atom. The number of thiazole rings is 1. The summed E-state index contributed by atoms with van der Waals surface area (Å²) in [6.45, 7) is 5.15. The molecule has 0 radical (unpaired) electrons. The molecule has 1 fully saturated rings. The number of nitrogens with zero attached hydrogens (tertiary/aromatic N) is 1. The van der Waals surface area contributed by atoms with Crippen molar-refractivity contribution in [2.45, 2.75) is 26.7 Å². The zero-order chi connectivity index (χ0) is 13.3. The molecule has 1 aliphatic carbocycles. The smallest absolute Gasteiger partial charge is 0.265 e. The highest BCUT2D eigenvalue weighted by Crippen LogP contribution is 2.51. The number of rotatable bonds is 5. The number of amides is 1. The fourth-order valence-electron chi connectivity index (χ4n) is 2.06. The third-order valence-corrected chi connectivity index (χ3v) is 4.88. The van der Waals surface area contributed by atoms with Gasteiger partial charge in [0, 0.05) is 13.6 Å². The summed E-state index contributed by atoms with van der Waals surface area (Å²) in [4.78, 5) is 16.6. The molecule has 18 heavy (non-hydrogen) atoms. The molecule has 0 bridgehead atoms. The van der Waals surface area contributed by atoms with E-state index in [4.69, 9.17) is 5.73 Å². The third kappa shape index (κ3) is 2.43. The van der Waals surface area contributed by atoms with E-state index in [-0.39, 0.29) is 5.91 Å². The van der Waals surface area contributed by atoms with Crippen LogP contribution in [0.4, 0.5) is 10.9 Å². The van der Waals surface area contributed by atoms with Crippen LogP contribution in [0.25, 0.3) is 0 Å². The number of nitrogens with one attached hydrogen (secondary N) is 2. The molecule has 4 N–H and O–H groups in total. The van der Waals surface area contributed by atoms with E-state index in [0.29, 0.717) is 27.2 Å². The average Bonchev–Trinajstić information content (AvgIpc) is 3.04. The minimum absolute atomic E-state index is 0.113. The molecule has 1 aromatic heterocycles. The molecule has 1 heterocycles. The second-order valence-corrected chi connectivity index (χ2v) is 6.18. The Morgan fingerprint density at radius 2 is 2.22 bits per heavy atom. The van der Waals surface area contributed by atoms with E-state index >= 15 is 0 Å². The van der Waals surface area contributed by atoms with Crippen molar-refractivity contribution in [1.82, 2.24) is 10.3 Å². The highest BCUT2D eigenvalue weighted by molar-refractivity contribution is 7.18. The van der Waals surface area contributed by atoms with Gasteiger partial charge in [-0.3, -0.25) is 4.79 Å². The first kappa shape index (κ1) is 13.1. The normalized spacial score (nSPS) is 16.7. The van der Waals surface area contributed by atoms with E-state index in [1.54, 1.807) is 7.05 Å². The molecule has 1 aliphatic rings. The van der Waals surface area contributed by atoms with Crippen molar-refractivity contribution >= 4 is 28.2 Å². The monoisotopic (exact) mass is 268 g/mol. The van der Waals surface area contributed by atoms with Gasteiger partial charge in [0.2, 0.25) is 0 Å². The van der Waals surface area contributed by atoms with Gasteiger partial charge in [-0.1, -0.05) is 25.2 Å². The number of hydrogen-bond donors (Lipinski definition) is 3. The summed E-state index contributed by atoms with van der Waals surface area (Å²) < 4.78 is 0. The lowest BCUT2D eigenvalue weighted by Gasteiger charge is -2.19. The van der Waals surface area contributed by atoms with Crippen molar-refractivity contribution in [3.63, 3.8) is 0 Å². The van der Waals surface area contributed by atoms with E-state index in [1.165, 1.54) is 24.2 Å². The van der Waals surface area contributed by atoms with Crippen molar-refractivity contribution in [2.24, 2.45) is 11.3 Å². The lowest BCUT2D eigenvalue weighted by Crippen LogP contribution is -2.32. The molecule has 0 atom stereocenters. The SMILES string of the molecule is CNc1nc(N)c(C(=O)NCC2(C(C)C)CC2)s1. The second kappa shape index (κ2) is 4.76. The molecule has 2 rings (SSSR count). The molecule has 100 valence electrons. The van der Waals surface area contributed by atoms with Crippen LogP contribution in [0.3, 0.4) is 0 Å². The van der Waals surface area contributed by atoms with Gasteiger partial charge in [-0.15, -0.1) is 0 Å². The maximum Gasteiger partial charge on any atom is 0.265 e. The average molecular weight is 268 g/mol. The molecule has 5 nitrogen and oxygen atoms in total. The summed E-state index contributed by atoms with van der Waals surface area (Å²) in [7, 11) is 1.76. The van der Waals surface area contributed by atoms with Crippen LogP contribution in [-0.4, -0.2) is 24.5 Å². The number of nitrogen functional groups attached to an aromatic ring is 1. The van der Waals surface area contributed by atoms with Gasteiger partial charge >= 0.3 is 0 Å². The summed E-state index contributed by atoms with van der Waals surface area (Å²) in [5.41, 5.74) is 6.04. The third-order valence-electron chi connectivity index (χ3n) is 3.79. The highest BCUT2D eigenvalue weighted by atomic mass is 32.1. The fraction of sp³-hybridized carbons (Fsp3) is 0.667. The Balaban J connectivity index is 1.98. The second-order valence-electron chi connectivity index (χ2n) is 5.18. The van der Waals surface area contributed by atoms with Crippen LogP contribution in [0.2, 0.25) is 0 Å². The molecule has 0 aromatic carbocycles. The van der Waals surface area contributed by atoms with Crippen molar-refractivity contribution in [3.05, 3.63) is 4.88 Å². The first-order valence-corrected chi connectivity index (χ1v) is 7.02. The Hall–Kier alpha value is -1.30. The minimum atomic E-state index is -0.113. The molecule has 0 unspecified atom stereocenters. The van der Waals surface area contributed by atoms with E-state index in [2.05, 4.69) is 29.5 Å². The first-order chi connectivity index (χ1) is 8.48. The quantitative estimate of drug-likeness (QED) is 0.762. The predicted octanol–water partition coefficient (Wildman–Crippen LogP) is 1.93. The zero-order valence-corrected chi connectivity index (χ0v) is 11.9. The Labute approximate surface area is 111 Å². The molecule has 0 aliphatic heterocycles. The van der Waals surface area contributed by atoms with E-state index in [9.17, 15) is 4.79 Å². The molecule has 6 heteroatoms. The van der Waals surface area contributed by atoms with Crippen LogP contribution >= 0.6 is 11.3 Å². The Kier molecular flexibility index (Phi) is 3.47. The van der Waals surface area contributed by atoms with Gasteiger partial charge in [-0.2, -0.15) is 0 Å². The molecule has 0 spiro atoms.